The Labute approximate surface area is 160 Å². The average molecular weight is 386 g/mol. The third-order valence-electron chi connectivity index (χ3n) is 3.82. The van der Waals surface area contributed by atoms with Gasteiger partial charge in [0, 0.05) is 0 Å². The van der Waals surface area contributed by atoms with Gasteiger partial charge in [-0.1, -0.05) is 12.1 Å². The number of nitrogens with zero attached hydrogens (tertiary/aromatic N) is 2. The minimum atomic E-state index is -0.242. The maximum Gasteiger partial charge on any atom is 0.260 e. The Balaban J connectivity index is 1.98. The standard InChI is InChI=1S/C19H19N3O2S2/c1-11-7-8-14(24-3)13(10-11)21-18(23)16-12(2)20-17(22-19(16)25-4)15-6-5-9-26-15/h5-10H,1-4H3,(H,21,23). The zero-order chi connectivity index (χ0) is 18.7. The second kappa shape index (κ2) is 7.88. The number of carbonyl (C=O) groups is 1. The molecule has 7 heteroatoms. The Kier molecular flexibility index (Phi) is 5.58. The fourth-order valence-electron chi connectivity index (χ4n) is 2.58. The molecule has 1 aromatic carbocycles. The zero-order valence-electron chi connectivity index (χ0n) is 15.0. The first kappa shape index (κ1) is 18.4. The molecule has 2 aromatic heterocycles. The van der Waals surface area contributed by atoms with Crippen LogP contribution in [0.2, 0.25) is 0 Å². The molecule has 0 saturated heterocycles. The molecule has 0 saturated carbocycles. The van der Waals surface area contributed by atoms with Gasteiger partial charge in [0.2, 0.25) is 0 Å². The predicted octanol–water partition coefficient (Wildman–Crippen LogP) is 4.80. The van der Waals surface area contributed by atoms with Crippen LogP contribution in [0.5, 0.6) is 5.75 Å². The molecule has 1 amide bonds. The lowest BCUT2D eigenvalue weighted by Gasteiger charge is -2.14. The Bertz CT molecular complexity index is 940. The van der Waals surface area contributed by atoms with Gasteiger partial charge in [-0.05, 0) is 49.2 Å². The molecule has 3 aromatic rings. The van der Waals surface area contributed by atoms with E-state index < -0.39 is 0 Å². The SMILES string of the molecule is COc1ccc(C)cc1NC(=O)c1c(C)nc(-c2cccs2)nc1SC. The van der Waals surface area contributed by atoms with Crippen LogP contribution in [0.25, 0.3) is 10.7 Å². The minimum Gasteiger partial charge on any atom is -0.495 e. The van der Waals surface area contributed by atoms with Crippen molar-refractivity contribution in [1.82, 2.24) is 9.97 Å². The number of methoxy groups -OCH3 is 1. The van der Waals surface area contributed by atoms with Crippen molar-refractivity contribution in [3.05, 3.63) is 52.5 Å². The van der Waals surface area contributed by atoms with Gasteiger partial charge in [-0.15, -0.1) is 23.1 Å². The summed E-state index contributed by atoms with van der Waals surface area (Å²) in [6.07, 6.45) is 1.91. The predicted molar refractivity (Wildman–Crippen MR) is 108 cm³/mol. The third-order valence-corrected chi connectivity index (χ3v) is 5.37. The van der Waals surface area contributed by atoms with Crippen molar-refractivity contribution in [3.8, 4) is 16.5 Å². The molecule has 134 valence electrons. The van der Waals surface area contributed by atoms with Crippen LogP contribution in [-0.2, 0) is 0 Å². The molecule has 0 aliphatic rings. The van der Waals surface area contributed by atoms with E-state index in [1.165, 1.54) is 11.8 Å². The second-order valence-corrected chi connectivity index (χ2v) is 7.39. The first-order valence-corrected chi connectivity index (χ1v) is 10.1. The van der Waals surface area contributed by atoms with Gasteiger partial charge in [-0.3, -0.25) is 4.79 Å². The van der Waals surface area contributed by atoms with Crippen LogP contribution in [-0.4, -0.2) is 29.2 Å². The Hall–Kier alpha value is -2.38. The summed E-state index contributed by atoms with van der Waals surface area (Å²) in [6, 6.07) is 9.59. The van der Waals surface area contributed by atoms with E-state index in [0.717, 1.165) is 10.4 Å². The minimum absolute atomic E-state index is 0.242. The molecule has 2 heterocycles. The highest BCUT2D eigenvalue weighted by Gasteiger charge is 2.20. The topological polar surface area (TPSA) is 64.1 Å². The smallest absolute Gasteiger partial charge is 0.260 e. The molecule has 5 nitrogen and oxygen atoms in total. The maximum absolute atomic E-state index is 12.9. The van der Waals surface area contributed by atoms with Gasteiger partial charge in [0.05, 0.1) is 28.9 Å². The van der Waals surface area contributed by atoms with Crippen molar-refractivity contribution >= 4 is 34.7 Å². The van der Waals surface area contributed by atoms with E-state index in [1.807, 2.05) is 55.8 Å². The zero-order valence-corrected chi connectivity index (χ0v) is 16.6. The molecule has 26 heavy (non-hydrogen) atoms. The van der Waals surface area contributed by atoms with Gasteiger partial charge >= 0.3 is 0 Å². The Morgan fingerprint density at radius 2 is 2.04 bits per heavy atom. The van der Waals surface area contributed by atoms with E-state index >= 15 is 0 Å². The molecule has 0 unspecified atom stereocenters. The highest BCUT2D eigenvalue weighted by Crippen LogP contribution is 2.30. The molecule has 1 N–H and O–H groups in total. The summed E-state index contributed by atoms with van der Waals surface area (Å²) in [5.74, 6) is 1.02. The molecule has 0 atom stereocenters. The maximum atomic E-state index is 12.9. The van der Waals surface area contributed by atoms with E-state index in [2.05, 4.69) is 15.3 Å². The number of carbonyl (C=O) groups excluding carboxylic acids is 1. The van der Waals surface area contributed by atoms with Crippen LogP contribution < -0.4 is 10.1 Å². The lowest BCUT2D eigenvalue weighted by molar-refractivity contribution is 0.102. The van der Waals surface area contributed by atoms with E-state index in [4.69, 9.17) is 4.74 Å². The van der Waals surface area contributed by atoms with E-state index in [-0.39, 0.29) is 5.91 Å². The van der Waals surface area contributed by atoms with Crippen molar-refractivity contribution in [2.24, 2.45) is 0 Å². The molecule has 3 rings (SSSR count). The van der Waals surface area contributed by atoms with E-state index in [0.29, 0.717) is 33.5 Å². The molecule has 0 radical (unpaired) electrons. The summed E-state index contributed by atoms with van der Waals surface area (Å²) < 4.78 is 5.34. The summed E-state index contributed by atoms with van der Waals surface area (Å²) in [7, 11) is 1.58. The molecular weight excluding hydrogens is 366 g/mol. The molecule has 0 aliphatic carbocycles. The number of benzene rings is 1. The monoisotopic (exact) mass is 385 g/mol. The summed E-state index contributed by atoms with van der Waals surface area (Å²) in [6.45, 7) is 3.80. The van der Waals surface area contributed by atoms with Crippen molar-refractivity contribution in [2.75, 3.05) is 18.7 Å². The molecule has 0 aliphatic heterocycles. The largest absolute Gasteiger partial charge is 0.495 e. The fourth-order valence-corrected chi connectivity index (χ4v) is 3.86. The number of rotatable bonds is 5. The van der Waals surface area contributed by atoms with Gasteiger partial charge in [0.25, 0.3) is 5.91 Å². The van der Waals surface area contributed by atoms with Crippen LogP contribution in [0.1, 0.15) is 21.6 Å². The van der Waals surface area contributed by atoms with Crippen molar-refractivity contribution < 1.29 is 9.53 Å². The quantitative estimate of drug-likeness (QED) is 0.505. The normalized spacial score (nSPS) is 10.6. The van der Waals surface area contributed by atoms with Gasteiger partial charge in [0.15, 0.2) is 5.82 Å². The molecule has 0 spiro atoms. The van der Waals surface area contributed by atoms with Crippen LogP contribution in [0, 0.1) is 13.8 Å². The Morgan fingerprint density at radius 3 is 2.69 bits per heavy atom. The number of nitrogens with one attached hydrogen (secondary N) is 1. The van der Waals surface area contributed by atoms with Crippen LogP contribution in [0.15, 0.2) is 40.7 Å². The number of anilines is 1. The van der Waals surface area contributed by atoms with E-state index in [9.17, 15) is 4.79 Å². The number of hydrogen-bond acceptors (Lipinski definition) is 6. The summed E-state index contributed by atoms with van der Waals surface area (Å²) in [5.41, 5.74) is 2.80. The number of aryl methyl sites for hydroxylation is 2. The lowest BCUT2D eigenvalue weighted by Crippen LogP contribution is -2.17. The fraction of sp³-hybridized carbons (Fsp3) is 0.211. The molecular formula is C19H19N3O2S2. The molecule has 0 fully saturated rings. The van der Waals surface area contributed by atoms with Crippen LogP contribution in [0.4, 0.5) is 5.69 Å². The molecule has 0 bridgehead atoms. The highest BCUT2D eigenvalue weighted by atomic mass is 32.2. The summed E-state index contributed by atoms with van der Waals surface area (Å²) >= 11 is 3.01. The second-order valence-electron chi connectivity index (χ2n) is 5.65. The number of aromatic nitrogens is 2. The first-order valence-electron chi connectivity index (χ1n) is 7.96. The average Bonchev–Trinajstić information content (AvgIpc) is 3.15. The van der Waals surface area contributed by atoms with Gasteiger partial charge in [-0.2, -0.15) is 0 Å². The number of hydrogen-bond donors (Lipinski definition) is 1. The van der Waals surface area contributed by atoms with Gasteiger partial charge in [-0.25, -0.2) is 9.97 Å². The highest BCUT2D eigenvalue weighted by molar-refractivity contribution is 7.98. The number of ether oxygens (including phenoxy) is 1. The van der Waals surface area contributed by atoms with Gasteiger partial charge in [0.1, 0.15) is 10.8 Å². The number of amides is 1. The lowest BCUT2D eigenvalue weighted by atomic mass is 10.1. The van der Waals surface area contributed by atoms with Crippen molar-refractivity contribution in [2.45, 2.75) is 18.9 Å². The van der Waals surface area contributed by atoms with Crippen LogP contribution in [0.3, 0.4) is 0 Å². The number of thioether (sulfide) groups is 1. The van der Waals surface area contributed by atoms with Crippen LogP contribution >= 0.6 is 23.1 Å². The Morgan fingerprint density at radius 1 is 1.23 bits per heavy atom. The van der Waals surface area contributed by atoms with Crippen molar-refractivity contribution in [1.29, 1.82) is 0 Å². The first-order chi connectivity index (χ1) is 12.5. The summed E-state index contributed by atoms with van der Waals surface area (Å²) in [4.78, 5) is 23.0. The summed E-state index contributed by atoms with van der Waals surface area (Å²) in [5, 5.41) is 5.57. The van der Waals surface area contributed by atoms with Gasteiger partial charge < -0.3 is 10.1 Å². The number of thiophene rings is 1. The van der Waals surface area contributed by atoms with E-state index in [1.54, 1.807) is 18.4 Å². The third kappa shape index (κ3) is 3.73. The van der Waals surface area contributed by atoms with Crippen molar-refractivity contribution in [3.63, 3.8) is 0 Å².